The summed E-state index contributed by atoms with van der Waals surface area (Å²) in [6.45, 7) is 1.84. The zero-order chi connectivity index (χ0) is 13.8. The smallest absolute Gasteiger partial charge is 0.165 e. The van der Waals surface area contributed by atoms with Gasteiger partial charge in [0.2, 0.25) is 0 Å². The lowest BCUT2D eigenvalue weighted by Gasteiger charge is -2.10. The summed E-state index contributed by atoms with van der Waals surface area (Å²) in [5, 5.41) is 0. The van der Waals surface area contributed by atoms with E-state index in [1.165, 1.54) is 12.1 Å². The van der Waals surface area contributed by atoms with Crippen LogP contribution in [0.15, 0.2) is 42.5 Å². The Labute approximate surface area is 110 Å². The number of hydrogen-bond donors (Lipinski definition) is 1. The summed E-state index contributed by atoms with van der Waals surface area (Å²) in [5.74, 6) is -1.16. The lowest BCUT2D eigenvalue weighted by Crippen LogP contribution is -2.05. The van der Waals surface area contributed by atoms with Crippen molar-refractivity contribution in [2.45, 2.75) is 19.6 Å². The van der Waals surface area contributed by atoms with Crippen molar-refractivity contribution < 1.29 is 13.5 Å². The van der Waals surface area contributed by atoms with Gasteiger partial charge in [-0.1, -0.05) is 24.3 Å². The molecule has 0 amide bonds. The van der Waals surface area contributed by atoms with Gasteiger partial charge in [0.15, 0.2) is 11.6 Å². The van der Waals surface area contributed by atoms with Gasteiger partial charge in [-0.05, 0) is 30.7 Å². The number of nitrogens with two attached hydrogens (primary N) is 1. The molecular weight excluding hydrogens is 248 g/mol. The first-order valence-electron chi connectivity index (χ1n) is 5.99. The van der Waals surface area contributed by atoms with Crippen LogP contribution < -0.4 is 10.5 Å². The van der Waals surface area contributed by atoms with E-state index in [0.29, 0.717) is 5.75 Å². The van der Waals surface area contributed by atoms with Crippen molar-refractivity contribution in [2.75, 3.05) is 0 Å². The van der Waals surface area contributed by atoms with Gasteiger partial charge < -0.3 is 10.5 Å². The van der Waals surface area contributed by atoms with Gasteiger partial charge >= 0.3 is 0 Å². The van der Waals surface area contributed by atoms with Crippen molar-refractivity contribution in [1.82, 2.24) is 0 Å². The summed E-state index contributed by atoms with van der Waals surface area (Å²) in [6.07, 6.45) is 0. The molecule has 2 N–H and O–H groups in total. The molecule has 0 spiro atoms. The number of ether oxygens (including phenoxy) is 1. The number of hydrogen-bond acceptors (Lipinski definition) is 2. The fourth-order valence-electron chi connectivity index (χ4n) is 1.71. The number of rotatable bonds is 4. The first-order valence-corrected chi connectivity index (χ1v) is 5.99. The molecule has 2 nitrogen and oxygen atoms in total. The van der Waals surface area contributed by atoms with Gasteiger partial charge in [-0.25, -0.2) is 8.78 Å². The minimum absolute atomic E-state index is 0.0218. The molecule has 19 heavy (non-hydrogen) atoms. The first kappa shape index (κ1) is 13.5. The van der Waals surface area contributed by atoms with E-state index in [1.807, 2.05) is 19.1 Å². The molecule has 0 aliphatic carbocycles. The highest BCUT2D eigenvalue weighted by Gasteiger charge is 2.08. The van der Waals surface area contributed by atoms with Crippen LogP contribution in [0, 0.1) is 11.6 Å². The highest BCUT2D eigenvalue weighted by atomic mass is 19.2. The lowest BCUT2D eigenvalue weighted by atomic mass is 10.1. The lowest BCUT2D eigenvalue weighted by molar-refractivity contribution is 0.297. The third kappa shape index (κ3) is 3.29. The van der Waals surface area contributed by atoms with Crippen molar-refractivity contribution in [1.29, 1.82) is 0 Å². The molecule has 0 saturated heterocycles. The maximum Gasteiger partial charge on any atom is 0.165 e. The Kier molecular flexibility index (Phi) is 4.12. The van der Waals surface area contributed by atoms with Crippen LogP contribution in [-0.4, -0.2) is 0 Å². The van der Waals surface area contributed by atoms with E-state index in [9.17, 15) is 8.78 Å². The molecule has 1 atom stereocenters. The fraction of sp³-hybridized carbons (Fsp3) is 0.200. The van der Waals surface area contributed by atoms with E-state index in [1.54, 1.807) is 12.1 Å². The highest BCUT2D eigenvalue weighted by Crippen LogP contribution is 2.20. The van der Waals surface area contributed by atoms with E-state index in [-0.39, 0.29) is 18.2 Å². The van der Waals surface area contributed by atoms with E-state index in [2.05, 4.69) is 0 Å². The molecule has 0 aromatic heterocycles. The Morgan fingerprint density at radius 2 is 1.89 bits per heavy atom. The van der Waals surface area contributed by atoms with Crippen LogP contribution >= 0.6 is 0 Å². The molecular formula is C15H15F2NO. The van der Waals surface area contributed by atoms with E-state index < -0.39 is 11.6 Å². The van der Waals surface area contributed by atoms with Crippen molar-refractivity contribution in [2.24, 2.45) is 5.73 Å². The third-order valence-electron chi connectivity index (χ3n) is 2.81. The zero-order valence-corrected chi connectivity index (χ0v) is 10.6. The van der Waals surface area contributed by atoms with E-state index in [0.717, 1.165) is 11.6 Å². The van der Waals surface area contributed by atoms with Crippen LogP contribution in [0.1, 0.15) is 24.1 Å². The quantitative estimate of drug-likeness (QED) is 0.915. The van der Waals surface area contributed by atoms with Crippen molar-refractivity contribution in [3.05, 3.63) is 65.2 Å². The van der Waals surface area contributed by atoms with Gasteiger partial charge in [0.05, 0.1) is 0 Å². The van der Waals surface area contributed by atoms with Gasteiger partial charge in [0, 0.05) is 11.6 Å². The highest BCUT2D eigenvalue weighted by molar-refractivity contribution is 5.30. The topological polar surface area (TPSA) is 35.2 Å². The second-order valence-electron chi connectivity index (χ2n) is 4.36. The van der Waals surface area contributed by atoms with Crippen molar-refractivity contribution in [3.8, 4) is 5.75 Å². The SMILES string of the molecule is CC(N)c1cccc(OCc2cccc(F)c2F)c1. The molecule has 1 unspecified atom stereocenters. The van der Waals surface area contributed by atoms with Crippen LogP contribution in [0.3, 0.4) is 0 Å². The monoisotopic (exact) mass is 263 g/mol. The second kappa shape index (κ2) is 5.80. The molecule has 100 valence electrons. The normalized spacial score (nSPS) is 12.2. The molecule has 0 aliphatic heterocycles. The molecule has 2 aromatic rings. The zero-order valence-electron chi connectivity index (χ0n) is 10.6. The van der Waals surface area contributed by atoms with Crippen LogP contribution in [0.5, 0.6) is 5.75 Å². The number of halogens is 2. The Morgan fingerprint density at radius 3 is 2.63 bits per heavy atom. The average molecular weight is 263 g/mol. The molecule has 2 rings (SSSR count). The average Bonchev–Trinajstić information content (AvgIpc) is 2.41. The molecule has 0 radical (unpaired) electrons. The Bertz CT molecular complexity index is 570. The van der Waals surface area contributed by atoms with Crippen molar-refractivity contribution in [3.63, 3.8) is 0 Å². The van der Waals surface area contributed by atoms with Crippen molar-refractivity contribution >= 4 is 0 Å². The first-order chi connectivity index (χ1) is 9.08. The summed E-state index contributed by atoms with van der Waals surface area (Å²) < 4.78 is 31.9. The molecule has 0 bridgehead atoms. The molecule has 0 fully saturated rings. The minimum Gasteiger partial charge on any atom is -0.489 e. The Hall–Kier alpha value is -1.94. The van der Waals surface area contributed by atoms with Crippen LogP contribution in [0.4, 0.5) is 8.78 Å². The molecule has 4 heteroatoms. The second-order valence-corrected chi connectivity index (χ2v) is 4.36. The van der Waals surface area contributed by atoms with E-state index >= 15 is 0 Å². The standard InChI is InChI=1S/C15H15F2NO/c1-10(18)11-4-2-6-13(8-11)19-9-12-5-3-7-14(16)15(12)17/h2-8,10H,9,18H2,1H3. The molecule has 0 aliphatic rings. The van der Waals surface area contributed by atoms with E-state index in [4.69, 9.17) is 10.5 Å². The summed E-state index contributed by atoms with van der Waals surface area (Å²) in [4.78, 5) is 0. The van der Waals surface area contributed by atoms with Gasteiger partial charge in [-0.2, -0.15) is 0 Å². The maximum atomic E-state index is 13.4. The molecule has 0 saturated carbocycles. The Morgan fingerprint density at radius 1 is 1.16 bits per heavy atom. The van der Waals surface area contributed by atoms with Gasteiger partial charge in [-0.15, -0.1) is 0 Å². The van der Waals surface area contributed by atoms with Gasteiger partial charge in [0.25, 0.3) is 0 Å². The van der Waals surface area contributed by atoms with Crippen LogP contribution in [0.2, 0.25) is 0 Å². The summed E-state index contributed by atoms with van der Waals surface area (Å²) in [7, 11) is 0. The summed E-state index contributed by atoms with van der Waals surface area (Å²) in [6, 6.07) is 11.2. The summed E-state index contributed by atoms with van der Waals surface area (Å²) in [5.41, 5.74) is 6.88. The number of benzene rings is 2. The van der Waals surface area contributed by atoms with Crippen LogP contribution in [-0.2, 0) is 6.61 Å². The van der Waals surface area contributed by atoms with Gasteiger partial charge in [-0.3, -0.25) is 0 Å². The predicted octanol–water partition coefficient (Wildman–Crippen LogP) is 3.56. The Balaban J connectivity index is 2.10. The largest absolute Gasteiger partial charge is 0.489 e. The van der Waals surface area contributed by atoms with Crippen LogP contribution in [0.25, 0.3) is 0 Å². The molecule has 0 heterocycles. The van der Waals surface area contributed by atoms with Gasteiger partial charge in [0.1, 0.15) is 12.4 Å². The molecule has 2 aromatic carbocycles. The third-order valence-corrected chi connectivity index (χ3v) is 2.81. The fourth-order valence-corrected chi connectivity index (χ4v) is 1.71. The minimum atomic E-state index is -0.870. The summed E-state index contributed by atoms with van der Waals surface area (Å²) >= 11 is 0. The maximum absolute atomic E-state index is 13.4. The predicted molar refractivity (Wildman–Crippen MR) is 69.7 cm³/mol.